The van der Waals surface area contributed by atoms with Gasteiger partial charge in [-0.05, 0) is 25.2 Å². The quantitative estimate of drug-likeness (QED) is 0.307. The topological polar surface area (TPSA) is 109 Å². The number of nitrogens with one attached hydrogen (secondary N) is 2. The van der Waals surface area contributed by atoms with Gasteiger partial charge in [0.25, 0.3) is 0 Å². The average Bonchev–Trinajstić information content (AvgIpc) is 3.02. The number of urea groups is 1. The summed E-state index contributed by atoms with van der Waals surface area (Å²) >= 11 is 0. The number of carbonyl (C=O) groups excluding carboxylic acids is 2. The molecule has 9 nitrogen and oxygen atoms in total. The third-order valence-corrected chi connectivity index (χ3v) is 7.25. The molecule has 2 heterocycles. The van der Waals surface area contributed by atoms with E-state index in [1.54, 1.807) is 4.90 Å². The molecule has 0 radical (unpaired) electrons. The van der Waals surface area contributed by atoms with Crippen LogP contribution >= 0.6 is 0 Å². The van der Waals surface area contributed by atoms with Crippen molar-refractivity contribution in [1.29, 1.82) is 0 Å². The van der Waals surface area contributed by atoms with Crippen LogP contribution in [0, 0.1) is 5.92 Å². The predicted octanol–water partition coefficient (Wildman–Crippen LogP) is 2.21. The first-order valence-corrected chi connectivity index (χ1v) is 13.4. The number of aliphatic hydroxyl groups is 1. The second-order valence-electron chi connectivity index (χ2n) is 9.92. The van der Waals surface area contributed by atoms with Gasteiger partial charge in [0.05, 0.1) is 32.0 Å². The van der Waals surface area contributed by atoms with Crippen molar-refractivity contribution < 1.29 is 28.9 Å². The molecule has 9 heteroatoms. The summed E-state index contributed by atoms with van der Waals surface area (Å²) in [4.78, 5) is 28.0. The lowest BCUT2D eigenvalue weighted by molar-refractivity contribution is -0.125. The number of carbonyl (C=O) groups is 2. The zero-order chi connectivity index (χ0) is 24.2. The highest BCUT2D eigenvalue weighted by Crippen LogP contribution is 2.27. The van der Waals surface area contributed by atoms with Crippen LogP contribution in [0.25, 0.3) is 0 Å². The molecular weight excluding hydrogens is 438 g/mol. The maximum Gasteiger partial charge on any atom is 0.318 e. The Morgan fingerprint density at radius 2 is 1.85 bits per heavy atom. The number of nitrogens with zero attached hydrogens (tertiary/aromatic N) is 1. The average molecular weight is 484 g/mol. The minimum Gasteiger partial charge on any atom is -0.388 e. The van der Waals surface area contributed by atoms with E-state index in [0.29, 0.717) is 58.3 Å². The van der Waals surface area contributed by atoms with Crippen molar-refractivity contribution in [2.45, 2.75) is 95.4 Å². The van der Waals surface area contributed by atoms with Crippen molar-refractivity contribution in [3.05, 3.63) is 0 Å². The Balaban J connectivity index is 1.59. The van der Waals surface area contributed by atoms with Gasteiger partial charge in [-0.15, -0.1) is 0 Å². The number of morpholine rings is 1. The van der Waals surface area contributed by atoms with Crippen molar-refractivity contribution in [3.8, 4) is 0 Å². The van der Waals surface area contributed by atoms with Crippen LogP contribution in [0.3, 0.4) is 0 Å². The van der Waals surface area contributed by atoms with Gasteiger partial charge in [-0.25, -0.2) is 4.79 Å². The Morgan fingerprint density at radius 1 is 1.12 bits per heavy atom. The molecule has 3 fully saturated rings. The summed E-state index contributed by atoms with van der Waals surface area (Å²) in [5.41, 5.74) is 0. The Hall–Kier alpha value is -1.42. The van der Waals surface area contributed by atoms with Gasteiger partial charge in [0, 0.05) is 26.3 Å². The van der Waals surface area contributed by atoms with E-state index in [-0.39, 0.29) is 24.6 Å². The van der Waals surface area contributed by atoms with Crippen molar-refractivity contribution in [3.63, 3.8) is 0 Å². The van der Waals surface area contributed by atoms with E-state index in [1.165, 1.54) is 25.7 Å². The van der Waals surface area contributed by atoms with Crippen molar-refractivity contribution in [1.82, 2.24) is 15.5 Å². The molecule has 1 saturated carbocycles. The Kier molecular flexibility index (Phi) is 11.9. The summed E-state index contributed by atoms with van der Waals surface area (Å²) in [5, 5.41) is 16.5. The van der Waals surface area contributed by atoms with Gasteiger partial charge in [0.15, 0.2) is 0 Å². The third kappa shape index (κ3) is 8.66. The summed E-state index contributed by atoms with van der Waals surface area (Å²) in [7, 11) is 0. The number of rotatable bonds is 11. The molecule has 3 rings (SSSR count). The van der Waals surface area contributed by atoms with Crippen LogP contribution in [0.5, 0.6) is 0 Å². The van der Waals surface area contributed by atoms with Crippen LogP contribution in [-0.2, 0) is 19.0 Å². The second kappa shape index (κ2) is 14.9. The highest BCUT2D eigenvalue weighted by Gasteiger charge is 2.39. The lowest BCUT2D eigenvalue weighted by atomic mass is 9.92. The number of amides is 3. The molecule has 0 aromatic carbocycles. The molecule has 2 aliphatic heterocycles. The van der Waals surface area contributed by atoms with Gasteiger partial charge < -0.3 is 34.9 Å². The van der Waals surface area contributed by atoms with Gasteiger partial charge >= 0.3 is 6.03 Å². The number of hydrogen-bond donors (Lipinski definition) is 3. The van der Waals surface area contributed by atoms with Crippen LogP contribution in [0.2, 0.25) is 0 Å². The van der Waals surface area contributed by atoms with E-state index in [2.05, 4.69) is 17.6 Å². The first kappa shape index (κ1) is 27.2. The first-order chi connectivity index (χ1) is 16.6. The summed E-state index contributed by atoms with van der Waals surface area (Å²) < 4.78 is 16.8. The lowest BCUT2D eigenvalue weighted by Gasteiger charge is -2.31. The standard InChI is InChI=1S/C25H45N3O6/c1-2-3-13-32-14-10-22-23(21(29)18-34-22)27-24(30)20(17-19-8-6-4-5-7-9-19)26-25(31)28-11-15-33-16-12-28/h19-23,29H,2-18H2,1H3,(H,26,31)(H,27,30)/t20-,21-,22-,23+/m0/s1. The first-order valence-electron chi connectivity index (χ1n) is 13.4. The van der Waals surface area contributed by atoms with E-state index in [0.717, 1.165) is 25.7 Å². The smallest absolute Gasteiger partial charge is 0.318 e. The zero-order valence-electron chi connectivity index (χ0n) is 20.8. The van der Waals surface area contributed by atoms with Crippen LogP contribution < -0.4 is 10.6 Å². The fourth-order valence-electron chi connectivity index (χ4n) is 5.11. The normalized spacial score (nSPS) is 27.2. The molecular formula is C25H45N3O6. The maximum absolute atomic E-state index is 13.4. The minimum atomic E-state index is -0.766. The molecule has 0 aromatic heterocycles. The van der Waals surface area contributed by atoms with Gasteiger partial charge in [0.2, 0.25) is 5.91 Å². The largest absolute Gasteiger partial charge is 0.388 e. The van der Waals surface area contributed by atoms with Gasteiger partial charge in [-0.1, -0.05) is 51.9 Å². The monoisotopic (exact) mass is 483 g/mol. The van der Waals surface area contributed by atoms with Crippen molar-refractivity contribution >= 4 is 11.9 Å². The molecule has 0 unspecified atom stereocenters. The lowest BCUT2D eigenvalue weighted by Crippen LogP contribution is -2.57. The van der Waals surface area contributed by atoms with Gasteiger partial charge in [0.1, 0.15) is 12.1 Å². The molecule has 0 aromatic rings. The van der Waals surface area contributed by atoms with Crippen LogP contribution in [0.15, 0.2) is 0 Å². The molecule has 0 bridgehead atoms. The maximum atomic E-state index is 13.4. The van der Waals surface area contributed by atoms with E-state index >= 15 is 0 Å². The number of unbranched alkanes of at least 4 members (excludes halogenated alkanes) is 1. The fraction of sp³-hybridized carbons (Fsp3) is 0.920. The summed E-state index contributed by atoms with van der Waals surface area (Å²) in [5.74, 6) is 0.174. The molecule has 2 saturated heterocycles. The second-order valence-corrected chi connectivity index (χ2v) is 9.92. The molecule has 3 aliphatic rings. The molecule has 0 spiro atoms. The third-order valence-electron chi connectivity index (χ3n) is 7.25. The van der Waals surface area contributed by atoms with Crippen molar-refractivity contribution in [2.24, 2.45) is 5.92 Å². The molecule has 1 aliphatic carbocycles. The molecule has 3 N–H and O–H groups in total. The van der Waals surface area contributed by atoms with Gasteiger partial charge in [-0.3, -0.25) is 4.79 Å². The highest BCUT2D eigenvalue weighted by atomic mass is 16.5. The van der Waals surface area contributed by atoms with Crippen molar-refractivity contribution in [2.75, 3.05) is 46.1 Å². The number of aliphatic hydroxyl groups excluding tert-OH is 1. The van der Waals surface area contributed by atoms with Gasteiger partial charge in [-0.2, -0.15) is 0 Å². The molecule has 4 atom stereocenters. The van der Waals surface area contributed by atoms with E-state index < -0.39 is 18.2 Å². The van der Waals surface area contributed by atoms with Crippen LogP contribution in [0.4, 0.5) is 4.79 Å². The fourth-order valence-corrected chi connectivity index (χ4v) is 5.11. The van der Waals surface area contributed by atoms with Crippen LogP contribution in [-0.4, -0.2) is 92.4 Å². The Morgan fingerprint density at radius 3 is 2.56 bits per heavy atom. The van der Waals surface area contributed by atoms with E-state index in [1.807, 2.05) is 0 Å². The summed E-state index contributed by atoms with van der Waals surface area (Å²) in [6, 6.07) is -1.35. The number of ether oxygens (including phenoxy) is 3. The zero-order valence-corrected chi connectivity index (χ0v) is 20.8. The summed E-state index contributed by atoms with van der Waals surface area (Å²) in [6.07, 6.45) is 9.26. The highest BCUT2D eigenvalue weighted by molar-refractivity contribution is 5.87. The molecule has 196 valence electrons. The summed E-state index contributed by atoms with van der Waals surface area (Å²) in [6.45, 7) is 5.63. The van der Waals surface area contributed by atoms with E-state index in [9.17, 15) is 14.7 Å². The molecule has 34 heavy (non-hydrogen) atoms. The van der Waals surface area contributed by atoms with E-state index in [4.69, 9.17) is 14.2 Å². The number of hydrogen-bond acceptors (Lipinski definition) is 6. The SMILES string of the molecule is CCCCOCC[C@@H]1OC[C@H](O)[C@H]1NC(=O)[C@H](CC1CCCCCC1)NC(=O)N1CCOCC1. The Bertz CT molecular complexity index is 607. The minimum absolute atomic E-state index is 0.192. The van der Waals surface area contributed by atoms with Crippen LogP contribution in [0.1, 0.15) is 71.1 Å². The Labute approximate surface area is 204 Å². The predicted molar refractivity (Wildman–Crippen MR) is 129 cm³/mol. The molecule has 3 amide bonds.